The van der Waals surface area contributed by atoms with Crippen LogP contribution in [0.25, 0.3) is 0 Å². The van der Waals surface area contributed by atoms with Crippen LogP contribution in [0.1, 0.15) is 46.0 Å². The van der Waals surface area contributed by atoms with Gasteiger partial charge in [0.25, 0.3) is 0 Å². The largest absolute Gasteiger partial charge is 0.481 e. The normalized spacial score (nSPS) is 25.8. The van der Waals surface area contributed by atoms with Crippen molar-refractivity contribution < 1.29 is 14.7 Å². The first-order valence-corrected chi connectivity index (χ1v) is 6.68. The quantitative estimate of drug-likeness (QED) is 0.774. The molecule has 2 atom stereocenters. The van der Waals surface area contributed by atoms with Gasteiger partial charge in [-0.3, -0.25) is 9.59 Å². The number of carbonyl (C=O) groups is 2. The van der Waals surface area contributed by atoms with Gasteiger partial charge in [-0.25, -0.2) is 0 Å². The summed E-state index contributed by atoms with van der Waals surface area (Å²) in [6.07, 6.45) is 3.96. The van der Waals surface area contributed by atoms with Gasteiger partial charge in [0.15, 0.2) is 0 Å². The number of amides is 1. The Kier molecular flexibility index (Phi) is 5.14. The lowest BCUT2D eigenvalue weighted by atomic mass is 9.82. The van der Waals surface area contributed by atoms with Crippen molar-refractivity contribution in [1.82, 2.24) is 4.90 Å². The molecule has 0 spiro atoms. The van der Waals surface area contributed by atoms with Gasteiger partial charge in [-0.05, 0) is 26.2 Å². The molecule has 0 aliphatic carbocycles. The van der Waals surface area contributed by atoms with Crippen LogP contribution in [0.15, 0.2) is 0 Å². The smallest absolute Gasteiger partial charge is 0.311 e. The maximum Gasteiger partial charge on any atom is 0.311 e. The molecule has 1 aliphatic rings. The average molecular weight is 256 g/mol. The standard InChI is InChI=1S/C13H24N2O3/c1-3-4-6-10(14)11(16)15-8-5-7-13(2,9-15)12(17)18/h10H,3-9,14H2,1-2H3,(H,17,18)/t10-,13?/m0/s1. The molecule has 0 aromatic rings. The molecule has 1 fully saturated rings. The van der Waals surface area contributed by atoms with Gasteiger partial charge >= 0.3 is 5.97 Å². The average Bonchev–Trinajstić information content (AvgIpc) is 2.34. The van der Waals surface area contributed by atoms with Gasteiger partial charge in [-0.15, -0.1) is 0 Å². The van der Waals surface area contributed by atoms with Crippen LogP contribution in [-0.4, -0.2) is 41.0 Å². The second-order valence-electron chi connectivity index (χ2n) is 5.48. The number of piperidine rings is 1. The Morgan fingerprint density at radius 1 is 1.50 bits per heavy atom. The summed E-state index contributed by atoms with van der Waals surface area (Å²) in [7, 11) is 0. The van der Waals surface area contributed by atoms with E-state index in [1.54, 1.807) is 11.8 Å². The highest BCUT2D eigenvalue weighted by Gasteiger charge is 2.40. The predicted octanol–water partition coefficient (Wildman–Crippen LogP) is 1.22. The van der Waals surface area contributed by atoms with Gasteiger partial charge in [0.1, 0.15) is 0 Å². The van der Waals surface area contributed by atoms with Crippen LogP contribution in [0.3, 0.4) is 0 Å². The maximum atomic E-state index is 12.1. The van der Waals surface area contributed by atoms with Crippen LogP contribution in [-0.2, 0) is 9.59 Å². The number of hydrogen-bond acceptors (Lipinski definition) is 3. The van der Waals surface area contributed by atoms with E-state index in [9.17, 15) is 14.7 Å². The van der Waals surface area contributed by atoms with E-state index < -0.39 is 17.4 Å². The second-order valence-corrected chi connectivity index (χ2v) is 5.48. The predicted molar refractivity (Wildman–Crippen MR) is 69.1 cm³/mol. The number of carboxylic acid groups (broad SMARTS) is 1. The number of hydrogen-bond donors (Lipinski definition) is 2. The number of unbranched alkanes of at least 4 members (excludes halogenated alkanes) is 1. The SMILES string of the molecule is CCCC[C@H](N)C(=O)N1CCCC(C)(C(=O)O)C1. The van der Waals surface area contributed by atoms with E-state index in [0.717, 1.165) is 19.3 Å². The van der Waals surface area contributed by atoms with Crippen molar-refractivity contribution in [2.24, 2.45) is 11.1 Å². The van der Waals surface area contributed by atoms with E-state index in [1.165, 1.54) is 0 Å². The molecule has 1 unspecified atom stereocenters. The minimum Gasteiger partial charge on any atom is -0.481 e. The summed E-state index contributed by atoms with van der Waals surface area (Å²) >= 11 is 0. The monoisotopic (exact) mass is 256 g/mol. The zero-order valence-corrected chi connectivity index (χ0v) is 11.3. The minimum absolute atomic E-state index is 0.101. The lowest BCUT2D eigenvalue weighted by Gasteiger charge is -2.38. The third-order valence-corrected chi connectivity index (χ3v) is 3.71. The van der Waals surface area contributed by atoms with Crippen LogP contribution in [0.4, 0.5) is 0 Å². The van der Waals surface area contributed by atoms with Gasteiger partial charge in [0.05, 0.1) is 11.5 Å². The Morgan fingerprint density at radius 2 is 2.17 bits per heavy atom. The molecule has 0 radical (unpaired) electrons. The number of nitrogens with zero attached hydrogens (tertiary/aromatic N) is 1. The highest BCUT2D eigenvalue weighted by molar-refractivity contribution is 5.83. The van der Waals surface area contributed by atoms with Crippen molar-refractivity contribution >= 4 is 11.9 Å². The van der Waals surface area contributed by atoms with Crippen LogP contribution < -0.4 is 5.73 Å². The zero-order chi connectivity index (χ0) is 13.8. The van der Waals surface area contributed by atoms with Gasteiger partial charge in [-0.2, -0.15) is 0 Å². The summed E-state index contributed by atoms with van der Waals surface area (Å²) in [6, 6.07) is -0.485. The molecule has 1 amide bonds. The van der Waals surface area contributed by atoms with Crippen molar-refractivity contribution in [3.8, 4) is 0 Å². The Morgan fingerprint density at radius 3 is 2.72 bits per heavy atom. The maximum absolute atomic E-state index is 12.1. The summed E-state index contributed by atoms with van der Waals surface area (Å²) in [6.45, 7) is 4.66. The van der Waals surface area contributed by atoms with Crippen molar-refractivity contribution in [2.45, 2.75) is 52.0 Å². The topological polar surface area (TPSA) is 83.6 Å². The number of carboxylic acids is 1. The van der Waals surface area contributed by atoms with Gasteiger partial charge < -0.3 is 15.7 Å². The van der Waals surface area contributed by atoms with E-state index in [0.29, 0.717) is 19.4 Å². The van der Waals surface area contributed by atoms with Crippen LogP contribution >= 0.6 is 0 Å². The Labute approximate surface area is 108 Å². The molecule has 104 valence electrons. The highest BCUT2D eigenvalue weighted by atomic mass is 16.4. The van der Waals surface area contributed by atoms with E-state index in [-0.39, 0.29) is 12.5 Å². The lowest BCUT2D eigenvalue weighted by molar-refractivity contribution is -0.153. The summed E-state index contributed by atoms with van der Waals surface area (Å²) in [5.41, 5.74) is 5.04. The number of likely N-dealkylation sites (tertiary alicyclic amines) is 1. The first-order valence-electron chi connectivity index (χ1n) is 6.68. The van der Waals surface area contributed by atoms with Crippen molar-refractivity contribution in [3.05, 3.63) is 0 Å². The molecule has 1 heterocycles. The van der Waals surface area contributed by atoms with Crippen molar-refractivity contribution in [2.75, 3.05) is 13.1 Å². The Balaban J connectivity index is 2.61. The van der Waals surface area contributed by atoms with Crippen LogP contribution in [0, 0.1) is 5.41 Å². The van der Waals surface area contributed by atoms with Crippen molar-refractivity contribution in [1.29, 1.82) is 0 Å². The van der Waals surface area contributed by atoms with Crippen LogP contribution in [0.2, 0.25) is 0 Å². The molecule has 0 saturated carbocycles. The highest BCUT2D eigenvalue weighted by Crippen LogP contribution is 2.30. The summed E-state index contributed by atoms with van der Waals surface area (Å²) in [5.74, 6) is -0.933. The number of aliphatic carboxylic acids is 1. The third kappa shape index (κ3) is 3.45. The molecule has 0 aromatic heterocycles. The minimum atomic E-state index is -0.831. The second kappa shape index (κ2) is 6.18. The van der Waals surface area contributed by atoms with E-state index >= 15 is 0 Å². The summed E-state index contributed by atoms with van der Waals surface area (Å²) in [4.78, 5) is 25.0. The van der Waals surface area contributed by atoms with E-state index in [1.807, 2.05) is 0 Å². The Bertz CT molecular complexity index is 319. The molecule has 5 nitrogen and oxygen atoms in total. The molecular formula is C13H24N2O3. The van der Waals surface area contributed by atoms with E-state index in [2.05, 4.69) is 6.92 Å². The first kappa shape index (κ1) is 15.0. The molecule has 1 rings (SSSR count). The lowest BCUT2D eigenvalue weighted by Crippen LogP contribution is -2.52. The number of rotatable bonds is 5. The molecule has 18 heavy (non-hydrogen) atoms. The molecule has 1 aliphatic heterocycles. The summed E-state index contributed by atoms with van der Waals surface area (Å²) in [5, 5.41) is 9.21. The Hall–Kier alpha value is -1.10. The van der Waals surface area contributed by atoms with Crippen LogP contribution in [0.5, 0.6) is 0 Å². The van der Waals surface area contributed by atoms with Gasteiger partial charge in [0, 0.05) is 13.1 Å². The molecular weight excluding hydrogens is 232 g/mol. The fourth-order valence-corrected chi connectivity index (χ4v) is 2.38. The molecule has 1 saturated heterocycles. The first-order chi connectivity index (χ1) is 8.40. The van der Waals surface area contributed by atoms with Crippen molar-refractivity contribution in [3.63, 3.8) is 0 Å². The fraction of sp³-hybridized carbons (Fsp3) is 0.846. The fourth-order valence-electron chi connectivity index (χ4n) is 2.38. The molecule has 0 bridgehead atoms. The summed E-state index contributed by atoms with van der Waals surface area (Å²) < 4.78 is 0. The number of carbonyl (C=O) groups excluding carboxylic acids is 1. The molecule has 5 heteroatoms. The zero-order valence-electron chi connectivity index (χ0n) is 11.3. The van der Waals surface area contributed by atoms with E-state index in [4.69, 9.17) is 5.73 Å². The third-order valence-electron chi connectivity index (χ3n) is 3.71. The molecule has 0 aromatic carbocycles. The number of nitrogens with two attached hydrogens (primary N) is 1. The molecule has 3 N–H and O–H groups in total. The van der Waals surface area contributed by atoms with Gasteiger partial charge in [0.2, 0.25) is 5.91 Å². The van der Waals surface area contributed by atoms with Gasteiger partial charge in [-0.1, -0.05) is 19.8 Å².